The number of carbonyl (C=O) groups excluding carboxylic acids is 2. The van der Waals surface area contributed by atoms with Crippen molar-refractivity contribution in [3.63, 3.8) is 0 Å². The maximum absolute atomic E-state index is 11.9. The van der Waals surface area contributed by atoms with Crippen molar-refractivity contribution in [2.75, 3.05) is 12.4 Å². The van der Waals surface area contributed by atoms with Gasteiger partial charge in [-0.3, -0.25) is 14.6 Å². The molecule has 0 saturated heterocycles. The molecule has 2 aromatic rings. The molecule has 0 radical (unpaired) electrons. The summed E-state index contributed by atoms with van der Waals surface area (Å²) in [5, 5.41) is 5.39. The van der Waals surface area contributed by atoms with Crippen LogP contribution in [0.2, 0.25) is 5.15 Å². The van der Waals surface area contributed by atoms with E-state index in [1.54, 1.807) is 31.3 Å². The van der Waals surface area contributed by atoms with Crippen molar-refractivity contribution in [1.29, 1.82) is 0 Å². The maximum Gasteiger partial charge on any atom is 0.275 e. The lowest BCUT2D eigenvalue weighted by Gasteiger charge is -2.06. The normalized spacial score (nSPS) is 10.0. The van der Waals surface area contributed by atoms with Crippen LogP contribution < -0.4 is 10.6 Å². The van der Waals surface area contributed by atoms with Gasteiger partial charge in [0, 0.05) is 12.7 Å². The Morgan fingerprint density at radius 3 is 2.52 bits per heavy atom. The van der Waals surface area contributed by atoms with Gasteiger partial charge < -0.3 is 10.6 Å². The summed E-state index contributed by atoms with van der Waals surface area (Å²) in [5.74, 6) is -0.468. The lowest BCUT2D eigenvalue weighted by Crippen LogP contribution is -2.19. The molecule has 0 aliphatic carbocycles. The van der Waals surface area contributed by atoms with E-state index < -0.39 is 5.91 Å². The molecule has 0 spiro atoms. The zero-order valence-corrected chi connectivity index (χ0v) is 12.0. The van der Waals surface area contributed by atoms with Gasteiger partial charge in [0.25, 0.3) is 5.91 Å². The minimum atomic E-state index is -0.399. The number of nitrogens with one attached hydrogen (secondary N) is 2. The zero-order valence-electron chi connectivity index (χ0n) is 11.3. The summed E-state index contributed by atoms with van der Waals surface area (Å²) in [6, 6.07) is 6.98. The summed E-state index contributed by atoms with van der Waals surface area (Å²) in [6.07, 6.45) is 2.98. The van der Waals surface area contributed by atoms with Crippen molar-refractivity contribution in [2.45, 2.75) is 6.42 Å². The average Bonchev–Trinajstić information content (AvgIpc) is 2.49. The first-order valence-corrected chi connectivity index (χ1v) is 6.54. The number of hydrogen-bond acceptors (Lipinski definition) is 4. The second-order valence-corrected chi connectivity index (χ2v) is 4.62. The van der Waals surface area contributed by atoms with Gasteiger partial charge in [0.15, 0.2) is 0 Å². The van der Waals surface area contributed by atoms with Crippen LogP contribution in [0.3, 0.4) is 0 Å². The van der Waals surface area contributed by atoms with E-state index in [0.29, 0.717) is 12.1 Å². The van der Waals surface area contributed by atoms with Crippen molar-refractivity contribution < 1.29 is 9.59 Å². The molecule has 0 atom stereocenters. The first-order chi connectivity index (χ1) is 10.1. The molecule has 1 heterocycles. The molecule has 0 unspecified atom stereocenters. The van der Waals surface area contributed by atoms with Crippen LogP contribution in [0.25, 0.3) is 0 Å². The number of likely N-dealkylation sites (N-methyl/N-ethyl adjacent to an activating group) is 1. The fraction of sp³-hybridized carbons (Fsp3) is 0.143. The van der Waals surface area contributed by atoms with Crippen LogP contribution in [0.1, 0.15) is 16.1 Å². The average molecular weight is 305 g/mol. The van der Waals surface area contributed by atoms with E-state index in [2.05, 4.69) is 20.6 Å². The van der Waals surface area contributed by atoms with Gasteiger partial charge >= 0.3 is 0 Å². The molecule has 2 rings (SSSR count). The van der Waals surface area contributed by atoms with Gasteiger partial charge in [-0.05, 0) is 17.7 Å². The number of nitrogens with zero attached hydrogens (tertiary/aromatic N) is 2. The summed E-state index contributed by atoms with van der Waals surface area (Å²) in [6.45, 7) is 0. The predicted molar refractivity (Wildman–Crippen MR) is 79.2 cm³/mol. The SMILES string of the molecule is CNC(=O)Cc1ccc(NC(=O)c2cncc(Cl)n2)cc1. The molecule has 2 amide bonds. The Hall–Kier alpha value is -2.47. The van der Waals surface area contributed by atoms with Crippen LogP contribution in [0.15, 0.2) is 36.7 Å². The van der Waals surface area contributed by atoms with Crippen molar-refractivity contribution in [3.8, 4) is 0 Å². The van der Waals surface area contributed by atoms with Gasteiger partial charge in [0.2, 0.25) is 5.91 Å². The summed E-state index contributed by atoms with van der Waals surface area (Å²) < 4.78 is 0. The topological polar surface area (TPSA) is 84.0 Å². The van der Waals surface area contributed by atoms with E-state index >= 15 is 0 Å². The van der Waals surface area contributed by atoms with E-state index in [0.717, 1.165) is 5.56 Å². The highest BCUT2D eigenvalue weighted by Gasteiger charge is 2.09. The van der Waals surface area contributed by atoms with E-state index in [1.165, 1.54) is 12.4 Å². The van der Waals surface area contributed by atoms with Gasteiger partial charge in [0.1, 0.15) is 10.8 Å². The monoisotopic (exact) mass is 304 g/mol. The third kappa shape index (κ3) is 4.25. The van der Waals surface area contributed by atoms with E-state index in [9.17, 15) is 9.59 Å². The highest BCUT2D eigenvalue weighted by molar-refractivity contribution is 6.29. The Morgan fingerprint density at radius 2 is 1.90 bits per heavy atom. The van der Waals surface area contributed by atoms with Crippen molar-refractivity contribution in [1.82, 2.24) is 15.3 Å². The van der Waals surface area contributed by atoms with Crippen molar-refractivity contribution >= 4 is 29.1 Å². The van der Waals surface area contributed by atoms with Gasteiger partial charge in [-0.1, -0.05) is 23.7 Å². The van der Waals surface area contributed by atoms with Crippen LogP contribution in [-0.4, -0.2) is 28.8 Å². The fourth-order valence-electron chi connectivity index (χ4n) is 1.63. The second kappa shape index (κ2) is 6.81. The smallest absolute Gasteiger partial charge is 0.275 e. The Kier molecular flexibility index (Phi) is 4.84. The predicted octanol–water partition coefficient (Wildman–Crippen LogP) is 1.67. The van der Waals surface area contributed by atoms with Gasteiger partial charge in [-0.15, -0.1) is 0 Å². The number of aromatic nitrogens is 2. The number of carbonyl (C=O) groups is 2. The number of rotatable bonds is 4. The fourth-order valence-corrected chi connectivity index (χ4v) is 1.77. The van der Waals surface area contributed by atoms with Crippen LogP contribution in [0.4, 0.5) is 5.69 Å². The van der Waals surface area contributed by atoms with Crippen LogP contribution in [-0.2, 0) is 11.2 Å². The Morgan fingerprint density at radius 1 is 1.19 bits per heavy atom. The summed E-state index contributed by atoms with van der Waals surface area (Å²) in [4.78, 5) is 30.9. The largest absolute Gasteiger partial charge is 0.359 e. The van der Waals surface area contributed by atoms with E-state index in [-0.39, 0.29) is 16.8 Å². The molecule has 0 bridgehead atoms. The van der Waals surface area contributed by atoms with Gasteiger partial charge in [-0.2, -0.15) is 0 Å². The molecular weight excluding hydrogens is 292 g/mol. The molecule has 7 heteroatoms. The van der Waals surface area contributed by atoms with E-state index in [4.69, 9.17) is 11.6 Å². The molecular formula is C14H13ClN4O2. The van der Waals surface area contributed by atoms with Crippen molar-refractivity contribution in [3.05, 3.63) is 53.1 Å². The molecule has 0 aliphatic rings. The molecule has 2 N–H and O–H groups in total. The summed E-state index contributed by atoms with van der Waals surface area (Å²) in [7, 11) is 1.59. The van der Waals surface area contributed by atoms with Gasteiger partial charge in [-0.25, -0.2) is 4.98 Å². The first-order valence-electron chi connectivity index (χ1n) is 6.17. The van der Waals surface area contributed by atoms with Crippen molar-refractivity contribution in [2.24, 2.45) is 0 Å². The second-order valence-electron chi connectivity index (χ2n) is 4.23. The molecule has 0 saturated carbocycles. The molecule has 1 aromatic heterocycles. The minimum absolute atomic E-state index is 0.0685. The highest BCUT2D eigenvalue weighted by atomic mass is 35.5. The number of halogens is 1. The number of hydrogen-bond donors (Lipinski definition) is 2. The third-order valence-corrected chi connectivity index (χ3v) is 2.88. The first kappa shape index (κ1) is 14.9. The maximum atomic E-state index is 11.9. The minimum Gasteiger partial charge on any atom is -0.359 e. The van der Waals surface area contributed by atoms with E-state index in [1.807, 2.05) is 0 Å². The molecule has 0 fully saturated rings. The molecule has 108 valence electrons. The number of amides is 2. The third-order valence-electron chi connectivity index (χ3n) is 2.69. The summed E-state index contributed by atoms with van der Waals surface area (Å²) in [5.41, 5.74) is 1.59. The molecule has 0 aliphatic heterocycles. The van der Waals surface area contributed by atoms with Crippen LogP contribution in [0.5, 0.6) is 0 Å². The molecule has 6 nitrogen and oxygen atoms in total. The standard InChI is InChI=1S/C14H13ClN4O2/c1-16-13(20)6-9-2-4-10(5-3-9)18-14(21)11-7-17-8-12(15)19-11/h2-5,7-8H,6H2,1H3,(H,16,20)(H,18,21). The zero-order chi connectivity index (χ0) is 15.2. The summed E-state index contributed by atoms with van der Waals surface area (Å²) >= 11 is 5.68. The Balaban J connectivity index is 2.03. The molecule has 21 heavy (non-hydrogen) atoms. The van der Waals surface area contributed by atoms with Crippen LogP contribution >= 0.6 is 11.6 Å². The Bertz CT molecular complexity index is 658. The Labute approximate surface area is 126 Å². The lowest BCUT2D eigenvalue weighted by molar-refractivity contribution is -0.119. The number of anilines is 1. The lowest BCUT2D eigenvalue weighted by atomic mass is 10.1. The van der Waals surface area contributed by atoms with Crippen LogP contribution in [0, 0.1) is 0 Å². The number of benzene rings is 1. The quantitative estimate of drug-likeness (QED) is 0.900. The molecule has 1 aromatic carbocycles. The highest BCUT2D eigenvalue weighted by Crippen LogP contribution is 2.12. The van der Waals surface area contributed by atoms with Gasteiger partial charge in [0.05, 0.1) is 18.8 Å².